The Bertz CT molecular complexity index is 1300. The lowest BCUT2D eigenvalue weighted by atomic mass is 10.0. The van der Waals surface area contributed by atoms with Crippen molar-refractivity contribution in [2.24, 2.45) is 0 Å². The summed E-state index contributed by atoms with van der Waals surface area (Å²) in [5, 5.41) is 9.63. The molecule has 0 aliphatic heterocycles. The van der Waals surface area contributed by atoms with E-state index in [2.05, 4.69) is 111 Å². The van der Waals surface area contributed by atoms with Crippen LogP contribution in [0.1, 0.15) is 271 Å². The van der Waals surface area contributed by atoms with E-state index in [0.717, 1.165) is 103 Å². The molecule has 0 saturated carbocycles. The molecule has 0 aliphatic rings. The topological polar surface area (TPSA) is 72.8 Å². The van der Waals surface area contributed by atoms with E-state index in [4.69, 9.17) is 9.47 Å². The fraction of sp³-hybridized carbons (Fsp3) is 0.714. The summed E-state index contributed by atoms with van der Waals surface area (Å²) in [5.74, 6) is -0.605. The summed E-state index contributed by atoms with van der Waals surface area (Å²) < 4.78 is 10.7. The molecule has 0 amide bonds. The number of hydrogen-bond acceptors (Lipinski definition) is 5. The molecular formula is C63H108O5. The molecule has 0 radical (unpaired) electrons. The van der Waals surface area contributed by atoms with Crippen LogP contribution in [0.15, 0.2) is 97.2 Å². The molecule has 0 aromatic heterocycles. The molecule has 0 saturated heterocycles. The summed E-state index contributed by atoms with van der Waals surface area (Å²) in [6.07, 6.45) is 82.6. The Hall–Kier alpha value is -3.18. The van der Waals surface area contributed by atoms with Gasteiger partial charge in [-0.25, -0.2) is 0 Å². The molecule has 0 fully saturated rings. The van der Waals surface area contributed by atoms with Gasteiger partial charge in [-0.15, -0.1) is 0 Å². The van der Waals surface area contributed by atoms with Gasteiger partial charge in [-0.2, -0.15) is 0 Å². The highest BCUT2D eigenvalue weighted by Gasteiger charge is 2.16. The van der Waals surface area contributed by atoms with Gasteiger partial charge in [-0.3, -0.25) is 9.59 Å². The number of aliphatic hydroxyl groups excluding tert-OH is 1. The average molecular weight is 946 g/mol. The van der Waals surface area contributed by atoms with Crippen LogP contribution in [-0.2, 0) is 19.1 Å². The van der Waals surface area contributed by atoms with Crippen LogP contribution >= 0.6 is 0 Å². The normalized spacial score (nSPS) is 12.9. The van der Waals surface area contributed by atoms with Crippen LogP contribution in [0.5, 0.6) is 0 Å². The maximum atomic E-state index is 12.3. The van der Waals surface area contributed by atoms with Crippen molar-refractivity contribution in [1.29, 1.82) is 0 Å². The number of ether oxygens (including phenoxy) is 2. The first-order valence-electron chi connectivity index (χ1n) is 28.8. The van der Waals surface area contributed by atoms with Gasteiger partial charge in [0.05, 0.1) is 6.61 Å². The second kappa shape index (κ2) is 58.1. The number of carbonyl (C=O) groups excluding carboxylic acids is 2. The third-order valence-corrected chi connectivity index (χ3v) is 12.4. The molecule has 1 atom stereocenters. The Balaban J connectivity index is 3.43. The Labute approximate surface area is 421 Å². The number of unbranched alkanes of at least 4 members (excludes halogenated alkanes) is 28. The monoisotopic (exact) mass is 945 g/mol. The van der Waals surface area contributed by atoms with Gasteiger partial charge in [0.25, 0.3) is 0 Å². The van der Waals surface area contributed by atoms with Crippen molar-refractivity contribution < 1.29 is 24.2 Å². The summed E-state index contributed by atoms with van der Waals surface area (Å²) in [6.45, 7) is 3.91. The van der Waals surface area contributed by atoms with Crippen molar-refractivity contribution in [3.05, 3.63) is 97.2 Å². The van der Waals surface area contributed by atoms with Crippen molar-refractivity contribution >= 4 is 11.9 Å². The lowest BCUT2D eigenvalue weighted by Crippen LogP contribution is -2.28. The van der Waals surface area contributed by atoms with E-state index in [1.165, 1.54) is 141 Å². The first-order valence-corrected chi connectivity index (χ1v) is 28.8. The minimum Gasteiger partial charge on any atom is -0.462 e. The third-order valence-electron chi connectivity index (χ3n) is 12.4. The van der Waals surface area contributed by atoms with Gasteiger partial charge in [0.2, 0.25) is 0 Å². The predicted octanol–water partition coefficient (Wildman–Crippen LogP) is 19.5. The number of allylic oxidation sites excluding steroid dienone is 16. The van der Waals surface area contributed by atoms with Gasteiger partial charge in [-0.1, -0.05) is 265 Å². The molecular weight excluding hydrogens is 837 g/mol. The van der Waals surface area contributed by atoms with Crippen molar-refractivity contribution in [1.82, 2.24) is 0 Å². The predicted molar refractivity (Wildman–Crippen MR) is 297 cm³/mol. The van der Waals surface area contributed by atoms with E-state index in [1.807, 2.05) is 0 Å². The summed E-state index contributed by atoms with van der Waals surface area (Å²) in [7, 11) is 0. The smallest absolute Gasteiger partial charge is 0.306 e. The maximum Gasteiger partial charge on any atom is 0.306 e. The fourth-order valence-electron chi connectivity index (χ4n) is 8.13. The lowest BCUT2D eigenvalue weighted by molar-refractivity contribution is -0.161. The third kappa shape index (κ3) is 55.4. The SMILES string of the molecule is CC/C=C\C/C=C\C/C=C\C/C=C\C/C=C\CCCCCCCCCCCCCCCCCCCCCCCCCC(=O)OC(CO)COC(=O)CCCCCCC/C=C\C/C=C\C/C=C\CC. The molecule has 5 nitrogen and oxygen atoms in total. The molecule has 0 heterocycles. The number of carbonyl (C=O) groups is 2. The van der Waals surface area contributed by atoms with Gasteiger partial charge in [-0.05, 0) is 89.9 Å². The van der Waals surface area contributed by atoms with Crippen LogP contribution in [0.25, 0.3) is 0 Å². The minimum absolute atomic E-state index is 0.0756. The van der Waals surface area contributed by atoms with Gasteiger partial charge < -0.3 is 14.6 Å². The Morgan fingerprint density at radius 3 is 0.882 bits per heavy atom. The number of hydrogen-bond donors (Lipinski definition) is 1. The highest BCUT2D eigenvalue weighted by molar-refractivity contribution is 5.70. The van der Waals surface area contributed by atoms with Crippen LogP contribution in [0.4, 0.5) is 0 Å². The highest BCUT2D eigenvalue weighted by atomic mass is 16.6. The molecule has 390 valence electrons. The quantitative estimate of drug-likeness (QED) is 0.0374. The first-order chi connectivity index (χ1) is 33.6. The van der Waals surface area contributed by atoms with Crippen molar-refractivity contribution in [2.45, 2.75) is 277 Å². The summed E-state index contributed by atoms with van der Waals surface area (Å²) >= 11 is 0. The Kier molecular flexibility index (Phi) is 55.4. The minimum atomic E-state index is -0.781. The van der Waals surface area contributed by atoms with E-state index >= 15 is 0 Å². The Morgan fingerprint density at radius 2 is 0.588 bits per heavy atom. The molecule has 5 heteroatoms. The molecule has 0 aromatic carbocycles. The number of rotatable bonds is 52. The summed E-state index contributed by atoms with van der Waals surface area (Å²) in [5.41, 5.74) is 0. The van der Waals surface area contributed by atoms with Crippen LogP contribution in [0, 0.1) is 0 Å². The lowest BCUT2D eigenvalue weighted by Gasteiger charge is -2.15. The molecule has 1 N–H and O–H groups in total. The second-order valence-electron chi connectivity index (χ2n) is 19.0. The number of esters is 2. The van der Waals surface area contributed by atoms with Crippen LogP contribution in [0.2, 0.25) is 0 Å². The number of aliphatic hydroxyl groups is 1. The van der Waals surface area contributed by atoms with Crippen molar-refractivity contribution in [2.75, 3.05) is 13.2 Å². The van der Waals surface area contributed by atoms with Crippen LogP contribution in [-0.4, -0.2) is 36.4 Å². The largest absolute Gasteiger partial charge is 0.462 e. The van der Waals surface area contributed by atoms with E-state index < -0.39 is 6.10 Å². The molecule has 0 rings (SSSR count). The summed E-state index contributed by atoms with van der Waals surface area (Å²) in [4.78, 5) is 24.4. The molecule has 1 unspecified atom stereocenters. The molecule has 0 bridgehead atoms. The molecule has 0 aliphatic carbocycles. The van der Waals surface area contributed by atoms with Gasteiger partial charge in [0, 0.05) is 12.8 Å². The van der Waals surface area contributed by atoms with E-state index in [9.17, 15) is 14.7 Å². The van der Waals surface area contributed by atoms with Crippen LogP contribution < -0.4 is 0 Å². The van der Waals surface area contributed by atoms with E-state index in [1.54, 1.807) is 0 Å². The van der Waals surface area contributed by atoms with E-state index in [0.29, 0.717) is 12.8 Å². The summed E-state index contributed by atoms with van der Waals surface area (Å²) in [6, 6.07) is 0. The van der Waals surface area contributed by atoms with Crippen LogP contribution in [0.3, 0.4) is 0 Å². The molecule has 0 aromatic rings. The molecule has 68 heavy (non-hydrogen) atoms. The standard InChI is InChI=1S/C63H108O5/c1-3-5-7-9-11-13-15-17-19-20-21-22-23-24-25-26-27-28-29-30-31-32-33-34-35-36-37-38-39-40-41-42-44-46-48-50-52-54-56-58-63(66)68-61(59-64)60-67-62(65)57-55-53-51-49-47-45-43-18-16-14-12-10-8-6-4-2/h5-8,11-14,17-19,21-22,24-25,43,61,64H,3-4,9-10,15-16,20,23,26-42,44-60H2,1-2H3/b7-5-,8-6-,13-11-,14-12-,19-17-,22-21-,25-24-,43-18-. The zero-order chi connectivity index (χ0) is 49.2. The van der Waals surface area contributed by atoms with Crippen molar-refractivity contribution in [3.63, 3.8) is 0 Å². The second-order valence-corrected chi connectivity index (χ2v) is 19.0. The molecule has 0 spiro atoms. The average Bonchev–Trinajstić information content (AvgIpc) is 3.34. The van der Waals surface area contributed by atoms with Gasteiger partial charge >= 0.3 is 11.9 Å². The highest BCUT2D eigenvalue weighted by Crippen LogP contribution is 2.17. The zero-order valence-corrected chi connectivity index (χ0v) is 44.6. The fourth-order valence-corrected chi connectivity index (χ4v) is 8.13. The maximum absolute atomic E-state index is 12.3. The van der Waals surface area contributed by atoms with Gasteiger partial charge in [0.1, 0.15) is 6.61 Å². The Morgan fingerprint density at radius 1 is 0.338 bits per heavy atom. The van der Waals surface area contributed by atoms with E-state index in [-0.39, 0.29) is 25.2 Å². The zero-order valence-electron chi connectivity index (χ0n) is 44.6. The van der Waals surface area contributed by atoms with Crippen molar-refractivity contribution in [3.8, 4) is 0 Å². The van der Waals surface area contributed by atoms with Gasteiger partial charge in [0.15, 0.2) is 6.10 Å². The first kappa shape index (κ1) is 64.8.